The third kappa shape index (κ3) is 3.22. The molecule has 0 aliphatic heterocycles. The first-order valence-electron chi connectivity index (χ1n) is 5.75. The van der Waals surface area contributed by atoms with Gasteiger partial charge in [0.25, 0.3) is 0 Å². The Balaban J connectivity index is 2.31. The zero-order valence-corrected chi connectivity index (χ0v) is 13.3. The monoisotopic (exact) mass is 336 g/mol. The van der Waals surface area contributed by atoms with Crippen LogP contribution >= 0.6 is 27.7 Å². The number of rotatable bonds is 3. The van der Waals surface area contributed by atoms with Crippen LogP contribution in [-0.4, -0.2) is 16.3 Å². The number of aromatic nitrogens is 2. The average Bonchev–Trinajstić information content (AvgIpc) is 2.36. The molecule has 0 spiro atoms. The molecule has 1 aromatic carbocycles. The van der Waals surface area contributed by atoms with Crippen molar-refractivity contribution in [2.45, 2.75) is 30.8 Å². The van der Waals surface area contributed by atoms with Crippen molar-refractivity contribution in [2.75, 3.05) is 0 Å². The lowest BCUT2D eigenvalue weighted by Crippen LogP contribution is -1.97. The first kappa shape index (κ1) is 14.2. The molecule has 0 aliphatic rings. The Morgan fingerprint density at radius 2 is 1.79 bits per heavy atom. The highest BCUT2D eigenvalue weighted by molar-refractivity contribution is 9.10. The topological polar surface area (TPSA) is 42.9 Å². The van der Waals surface area contributed by atoms with Gasteiger partial charge in [-0.2, -0.15) is 0 Å². The molecule has 0 radical (unpaired) electrons. The van der Waals surface area contributed by atoms with Crippen LogP contribution < -0.4 is 0 Å². The predicted octanol–water partition coefficient (Wildman–Crippen LogP) is 4.13. The average molecular weight is 337 g/mol. The molecule has 19 heavy (non-hydrogen) atoms. The molecule has 0 aliphatic carbocycles. The summed E-state index contributed by atoms with van der Waals surface area (Å²) in [4.78, 5) is 20.7. The van der Waals surface area contributed by atoms with Gasteiger partial charge < -0.3 is 0 Å². The first-order chi connectivity index (χ1) is 9.01. The van der Waals surface area contributed by atoms with E-state index in [4.69, 9.17) is 0 Å². The first-order valence-corrected chi connectivity index (χ1v) is 7.36. The van der Waals surface area contributed by atoms with Crippen LogP contribution in [0.5, 0.6) is 0 Å². The van der Waals surface area contributed by atoms with E-state index in [9.17, 15) is 4.79 Å². The van der Waals surface area contributed by atoms with Crippen LogP contribution in [0.4, 0.5) is 0 Å². The number of carbonyl (C=O) groups is 1. The van der Waals surface area contributed by atoms with Gasteiger partial charge in [0.2, 0.25) is 0 Å². The zero-order valence-electron chi connectivity index (χ0n) is 10.9. The van der Waals surface area contributed by atoms with Gasteiger partial charge >= 0.3 is 0 Å². The fraction of sp³-hybridized carbons (Fsp3) is 0.214. The Labute approximate surface area is 125 Å². The van der Waals surface area contributed by atoms with E-state index in [0.29, 0.717) is 5.56 Å². The van der Waals surface area contributed by atoms with Gasteiger partial charge in [0.05, 0.1) is 0 Å². The van der Waals surface area contributed by atoms with E-state index in [1.165, 1.54) is 11.8 Å². The molecule has 2 rings (SSSR count). The van der Waals surface area contributed by atoms with Crippen molar-refractivity contribution >= 4 is 34.0 Å². The van der Waals surface area contributed by atoms with Crippen LogP contribution in [0.2, 0.25) is 0 Å². The Morgan fingerprint density at radius 3 is 2.32 bits per heavy atom. The summed E-state index contributed by atoms with van der Waals surface area (Å²) in [6, 6.07) is 5.59. The quantitative estimate of drug-likeness (QED) is 0.624. The van der Waals surface area contributed by atoms with E-state index in [-0.39, 0.29) is 0 Å². The smallest absolute Gasteiger partial charge is 0.192 e. The van der Waals surface area contributed by atoms with Crippen LogP contribution in [0.15, 0.2) is 32.7 Å². The summed E-state index contributed by atoms with van der Waals surface area (Å²) in [7, 11) is 0. The Bertz CT molecular complexity index is 620. The van der Waals surface area contributed by atoms with E-state index in [0.717, 1.165) is 37.8 Å². The van der Waals surface area contributed by atoms with Gasteiger partial charge in [-0.05, 0) is 56.3 Å². The maximum Gasteiger partial charge on any atom is 0.192 e. The molecule has 5 heteroatoms. The van der Waals surface area contributed by atoms with Gasteiger partial charge in [0, 0.05) is 26.3 Å². The standard InChI is InChI=1S/C14H13BrN2OS/c1-8-9(2)16-14(17-10(8)3)19-12-5-4-11(7-18)13(15)6-12/h4-7H,1-3H3. The lowest BCUT2D eigenvalue weighted by Gasteiger charge is -2.07. The second-order valence-electron chi connectivity index (χ2n) is 4.21. The molecule has 0 saturated heterocycles. The van der Waals surface area contributed by atoms with Crippen molar-refractivity contribution in [3.63, 3.8) is 0 Å². The summed E-state index contributed by atoms with van der Waals surface area (Å²) in [5.41, 5.74) is 3.76. The van der Waals surface area contributed by atoms with Crippen molar-refractivity contribution in [1.82, 2.24) is 9.97 Å². The number of hydrogen-bond donors (Lipinski definition) is 0. The highest BCUT2D eigenvalue weighted by atomic mass is 79.9. The molecule has 0 saturated carbocycles. The minimum absolute atomic E-state index is 0.640. The minimum Gasteiger partial charge on any atom is -0.298 e. The molecular weight excluding hydrogens is 324 g/mol. The number of aldehydes is 1. The molecule has 1 aromatic heterocycles. The summed E-state index contributed by atoms with van der Waals surface area (Å²) in [5.74, 6) is 0. The summed E-state index contributed by atoms with van der Waals surface area (Å²) in [5, 5.41) is 0.728. The molecular formula is C14H13BrN2OS. The normalized spacial score (nSPS) is 10.5. The van der Waals surface area contributed by atoms with E-state index < -0.39 is 0 Å². The number of nitrogens with zero attached hydrogens (tertiary/aromatic N) is 2. The maximum absolute atomic E-state index is 10.8. The van der Waals surface area contributed by atoms with Crippen molar-refractivity contribution in [3.05, 3.63) is 45.2 Å². The Kier molecular flexibility index (Phi) is 4.37. The van der Waals surface area contributed by atoms with Gasteiger partial charge in [-0.15, -0.1) is 0 Å². The van der Waals surface area contributed by atoms with Crippen LogP contribution in [-0.2, 0) is 0 Å². The lowest BCUT2D eigenvalue weighted by atomic mass is 10.2. The molecule has 98 valence electrons. The largest absolute Gasteiger partial charge is 0.298 e. The molecule has 3 nitrogen and oxygen atoms in total. The van der Waals surface area contributed by atoms with E-state index in [1.54, 1.807) is 6.07 Å². The molecule has 1 heterocycles. The number of halogens is 1. The number of aryl methyl sites for hydroxylation is 2. The number of hydrogen-bond acceptors (Lipinski definition) is 4. The van der Waals surface area contributed by atoms with Crippen molar-refractivity contribution < 1.29 is 4.79 Å². The summed E-state index contributed by atoms with van der Waals surface area (Å²) in [6.07, 6.45) is 0.829. The number of benzene rings is 1. The molecule has 0 fully saturated rings. The van der Waals surface area contributed by atoms with Gasteiger partial charge in [-0.25, -0.2) is 9.97 Å². The molecule has 0 bridgehead atoms. The predicted molar refractivity (Wildman–Crippen MR) is 79.9 cm³/mol. The Morgan fingerprint density at radius 1 is 1.16 bits per heavy atom. The third-order valence-electron chi connectivity index (χ3n) is 2.92. The molecule has 2 aromatic rings. The summed E-state index contributed by atoms with van der Waals surface area (Å²) in [6.45, 7) is 5.99. The van der Waals surface area contributed by atoms with Crippen molar-refractivity contribution in [3.8, 4) is 0 Å². The maximum atomic E-state index is 10.8. The second kappa shape index (κ2) is 5.84. The van der Waals surface area contributed by atoms with Crippen LogP contribution in [0.1, 0.15) is 27.3 Å². The fourth-order valence-corrected chi connectivity index (χ4v) is 3.07. The number of carbonyl (C=O) groups excluding carboxylic acids is 1. The van der Waals surface area contributed by atoms with Crippen LogP contribution in [0.3, 0.4) is 0 Å². The molecule has 0 unspecified atom stereocenters. The van der Waals surface area contributed by atoms with Gasteiger partial charge in [0.15, 0.2) is 11.4 Å². The van der Waals surface area contributed by atoms with Crippen molar-refractivity contribution in [2.24, 2.45) is 0 Å². The third-order valence-corrected chi connectivity index (χ3v) is 4.46. The van der Waals surface area contributed by atoms with Gasteiger partial charge in [-0.3, -0.25) is 4.79 Å². The summed E-state index contributed by atoms with van der Waals surface area (Å²) < 4.78 is 0.785. The van der Waals surface area contributed by atoms with Crippen LogP contribution in [0, 0.1) is 20.8 Å². The highest BCUT2D eigenvalue weighted by Gasteiger charge is 2.07. The van der Waals surface area contributed by atoms with E-state index >= 15 is 0 Å². The molecule has 0 amide bonds. The van der Waals surface area contributed by atoms with Crippen LogP contribution in [0.25, 0.3) is 0 Å². The lowest BCUT2D eigenvalue weighted by molar-refractivity contribution is 0.112. The fourth-order valence-electron chi connectivity index (χ4n) is 1.56. The minimum atomic E-state index is 0.640. The van der Waals surface area contributed by atoms with E-state index in [2.05, 4.69) is 25.9 Å². The zero-order chi connectivity index (χ0) is 14.0. The molecule has 0 N–H and O–H groups in total. The summed E-state index contributed by atoms with van der Waals surface area (Å²) >= 11 is 4.87. The SMILES string of the molecule is Cc1nc(Sc2ccc(C=O)c(Br)c2)nc(C)c1C. The van der Waals surface area contributed by atoms with E-state index in [1.807, 2.05) is 32.9 Å². The van der Waals surface area contributed by atoms with Gasteiger partial charge in [-0.1, -0.05) is 15.9 Å². The Hall–Kier alpha value is -1.20. The second-order valence-corrected chi connectivity index (χ2v) is 6.10. The van der Waals surface area contributed by atoms with Gasteiger partial charge in [0.1, 0.15) is 0 Å². The van der Waals surface area contributed by atoms with Crippen molar-refractivity contribution in [1.29, 1.82) is 0 Å². The molecule has 0 atom stereocenters. The highest BCUT2D eigenvalue weighted by Crippen LogP contribution is 2.29.